The number of piperidine rings is 1. The molecule has 1 aromatic rings. The fourth-order valence-electron chi connectivity index (χ4n) is 2.81. The largest absolute Gasteiger partial charge is 0.338 e. The summed E-state index contributed by atoms with van der Waals surface area (Å²) in [5, 5.41) is 0. The minimum atomic E-state index is -0.0581. The van der Waals surface area contributed by atoms with Gasteiger partial charge in [-0.1, -0.05) is 27.7 Å². The van der Waals surface area contributed by atoms with E-state index in [1.54, 1.807) is 6.20 Å². The quantitative estimate of drug-likeness (QED) is 0.905. The third-order valence-electron chi connectivity index (χ3n) is 4.32. The van der Waals surface area contributed by atoms with Gasteiger partial charge in [-0.25, -0.2) is 9.97 Å². The lowest BCUT2D eigenvalue weighted by Gasteiger charge is -2.42. The molecule has 0 saturated carbocycles. The number of aromatic nitrogens is 2. The van der Waals surface area contributed by atoms with Crippen LogP contribution in [0.15, 0.2) is 6.20 Å². The zero-order valence-electron chi connectivity index (χ0n) is 13.7. The SMILES string of the molecule is Cc1ncc(C(=O)N2CCC(N)C(C)(C)C2)c(C(C)C)n1. The van der Waals surface area contributed by atoms with Crippen molar-refractivity contribution in [3.63, 3.8) is 0 Å². The van der Waals surface area contributed by atoms with E-state index in [0.717, 1.165) is 12.1 Å². The van der Waals surface area contributed by atoms with Gasteiger partial charge in [-0.2, -0.15) is 0 Å². The van der Waals surface area contributed by atoms with Gasteiger partial charge >= 0.3 is 0 Å². The number of carbonyl (C=O) groups is 1. The maximum Gasteiger partial charge on any atom is 0.257 e. The van der Waals surface area contributed by atoms with Crippen molar-refractivity contribution in [3.8, 4) is 0 Å². The van der Waals surface area contributed by atoms with E-state index >= 15 is 0 Å². The molecule has 1 amide bonds. The van der Waals surface area contributed by atoms with Crippen molar-refractivity contribution in [3.05, 3.63) is 23.3 Å². The van der Waals surface area contributed by atoms with Crippen LogP contribution in [0.3, 0.4) is 0 Å². The van der Waals surface area contributed by atoms with Gasteiger partial charge in [-0.3, -0.25) is 4.79 Å². The van der Waals surface area contributed by atoms with E-state index in [2.05, 4.69) is 37.7 Å². The molecular formula is C16H26N4O. The summed E-state index contributed by atoms with van der Waals surface area (Å²) in [6, 6.07) is 0.139. The molecule has 5 heteroatoms. The van der Waals surface area contributed by atoms with E-state index in [1.165, 1.54) is 0 Å². The Balaban J connectivity index is 2.29. The number of rotatable bonds is 2. The van der Waals surface area contributed by atoms with Crippen LogP contribution in [0.2, 0.25) is 0 Å². The Morgan fingerprint density at radius 3 is 2.71 bits per heavy atom. The van der Waals surface area contributed by atoms with Crippen molar-refractivity contribution in [2.24, 2.45) is 11.1 Å². The number of hydrogen-bond donors (Lipinski definition) is 1. The van der Waals surface area contributed by atoms with Crippen LogP contribution in [0.25, 0.3) is 0 Å². The summed E-state index contributed by atoms with van der Waals surface area (Å²) >= 11 is 0. The highest BCUT2D eigenvalue weighted by Gasteiger charge is 2.36. The van der Waals surface area contributed by atoms with E-state index in [0.29, 0.717) is 24.5 Å². The van der Waals surface area contributed by atoms with Crippen molar-refractivity contribution in [1.82, 2.24) is 14.9 Å². The number of aryl methyl sites for hydroxylation is 1. The van der Waals surface area contributed by atoms with Crippen LogP contribution in [-0.2, 0) is 0 Å². The molecule has 2 rings (SSSR count). The van der Waals surface area contributed by atoms with Gasteiger partial charge in [0.2, 0.25) is 0 Å². The highest BCUT2D eigenvalue weighted by Crippen LogP contribution is 2.29. The molecule has 1 unspecified atom stereocenters. The van der Waals surface area contributed by atoms with E-state index in [1.807, 2.05) is 11.8 Å². The van der Waals surface area contributed by atoms with Crippen molar-refractivity contribution in [1.29, 1.82) is 0 Å². The predicted molar refractivity (Wildman–Crippen MR) is 83.1 cm³/mol. The summed E-state index contributed by atoms with van der Waals surface area (Å²) in [6.45, 7) is 11.6. The Labute approximate surface area is 127 Å². The Kier molecular flexibility index (Phi) is 4.33. The molecule has 0 aliphatic carbocycles. The predicted octanol–water partition coefficient (Wildman–Crippen LogP) is 2.11. The number of hydrogen-bond acceptors (Lipinski definition) is 4. The number of amides is 1. The molecule has 1 atom stereocenters. The molecule has 2 heterocycles. The van der Waals surface area contributed by atoms with Gasteiger partial charge in [0, 0.05) is 25.3 Å². The molecule has 1 saturated heterocycles. The second-order valence-electron chi connectivity index (χ2n) is 6.98. The van der Waals surface area contributed by atoms with Gasteiger partial charge in [0.15, 0.2) is 0 Å². The molecule has 21 heavy (non-hydrogen) atoms. The van der Waals surface area contributed by atoms with Crippen LogP contribution in [0.5, 0.6) is 0 Å². The number of likely N-dealkylation sites (tertiary alicyclic amines) is 1. The summed E-state index contributed by atoms with van der Waals surface area (Å²) in [5.74, 6) is 0.931. The highest BCUT2D eigenvalue weighted by atomic mass is 16.2. The molecule has 1 aliphatic rings. The van der Waals surface area contributed by atoms with Crippen LogP contribution in [-0.4, -0.2) is 39.9 Å². The first-order valence-corrected chi connectivity index (χ1v) is 7.61. The van der Waals surface area contributed by atoms with E-state index < -0.39 is 0 Å². The van der Waals surface area contributed by atoms with Gasteiger partial charge in [-0.15, -0.1) is 0 Å². The average Bonchev–Trinajstić information content (AvgIpc) is 2.41. The third kappa shape index (κ3) is 3.23. The van der Waals surface area contributed by atoms with Gasteiger partial charge in [-0.05, 0) is 24.7 Å². The van der Waals surface area contributed by atoms with Crippen molar-refractivity contribution >= 4 is 5.91 Å². The van der Waals surface area contributed by atoms with Crippen molar-refractivity contribution < 1.29 is 4.79 Å². The summed E-state index contributed by atoms with van der Waals surface area (Å²) in [4.78, 5) is 23.4. The molecular weight excluding hydrogens is 264 g/mol. The maximum absolute atomic E-state index is 12.8. The molecule has 1 aliphatic heterocycles. The molecule has 116 valence electrons. The Morgan fingerprint density at radius 1 is 1.48 bits per heavy atom. The van der Waals surface area contributed by atoms with Crippen LogP contribution < -0.4 is 5.73 Å². The summed E-state index contributed by atoms with van der Waals surface area (Å²) < 4.78 is 0. The summed E-state index contributed by atoms with van der Waals surface area (Å²) in [6.07, 6.45) is 2.50. The van der Waals surface area contributed by atoms with Gasteiger partial charge < -0.3 is 10.6 Å². The van der Waals surface area contributed by atoms with Gasteiger partial charge in [0.1, 0.15) is 5.82 Å². The lowest BCUT2D eigenvalue weighted by Crippen LogP contribution is -2.54. The first kappa shape index (κ1) is 15.9. The molecule has 0 aromatic carbocycles. The monoisotopic (exact) mass is 290 g/mol. The van der Waals surface area contributed by atoms with Crippen molar-refractivity contribution in [2.45, 2.75) is 53.0 Å². The first-order chi connectivity index (χ1) is 9.72. The average molecular weight is 290 g/mol. The smallest absolute Gasteiger partial charge is 0.257 e. The minimum absolute atomic E-state index is 0.0266. The number of carbonyl (C=O) groups excluding carboxylic acids is 1. The fourth-order valence-corrected chi connectivity index (χ4v) is 2.81. The minimum Gasteiger partial charge on any atom is -0.338 e. The van der Waals surface area contributed by atoms with Gasteiger partial charge in [0.25, 0.3) is 5.91 Å². The normalized spacial score (nSPS) is 21.7. The molecule has 1 aromatic heterocycles. The topological polar surface area (TPSA) is 72.1 Å². The van der Waals surface area contributed by atoms with E-state index in [4.69, 9.17) is 5.73 Å². The van der Waals surface area contributed by atoms with E-state index in [-0.39, 0.29) is 23.3 Å². The zero-order valence-corrected chi connectivity index (χ0v) is 13.7. The summed E-state index contributed by atoms with van der Waals surface area (Å²) in [5.41, 5.74) is 7.55. The van der Waals surface area contributed by atoms with Crippen LogP contribution in [0, 0.1) is 12.3 Å². The summed E-state index contributed by atoms with van der Waals surface area (Å²) in [7, 11) is 0. The second-order valence-corrected chi connectivity index (χ2v) is 6.98. The molecule has 1 fully saturated rings. The lowest BCUT2D eigenvalue weighted by atomic mass is 9.79. The molecule has 0 bridgehead atoms. The zero-order chi connectivity index (χ0) is 15.8. The highest BCUT2D eigenvalue weighted by molar-refractivity contribution is 5.95. The first-order valence-electron chi connectivity index (χ1n) is 7.61. The van der Waals surface area contributed by atoms with Crippen LogP contribution >= 0.6 is 0 Å². The lowest BCUT2D eigenvalue weighted by molar-refractivity contribution is 0.0530. The molecule has 5 nitrogen and oxygen atoms in total. The Morgan fingerprint density at radius 2 is 2.14 bits per heavy atom. The van der Waals surface area contributed by atoms with Crippen molar-refractivity contribution in [2.75, 3.05) is 13.1 Å². The maximum atomic E-state index is 12.8. The molecule has 2 N–H and O–H groups in total. The van der Waals surface area contributed by atoms with E-state index in [9.17, 15) is 4.79 Å². The molecule has 0 spiro atoms. The Hall–Kier alpha value is -1.49. The Bertz CT molecular complexity index is 539. The number of nitrogens with two attached hydrogens (primary N) is 1. The standard InChI is InChI=1S/C16H26N4O/c1-10(2)14-12(8-18-11(3)19-14)15(21)20-7-6-13(17)16(4,5)9-20/h8,10,13H,6-7,9,17H2,1-5H3. The third-order valence-corrected chi connectivity index (χ3v) is 4.32. The molecule has 0 radical (unpaired) electrons. The second kappa shape index (κ2) is 5.72. The van der Waals surface area contributed by atoms with Gasteiger partial charge in [0.05, 0.1) is 11.3 Å². The van der Waals surface area contributed by atoms with Crippen LogP contribution in [0.1, 0.15) is 61.9 Å². The fraction of sp³-hybridized carbons (Fsp3) is 0.688. The van der Waals surface area contributed by atoms with Crippen LogP contribution in [0.4, 0.5) is 0 Å². The number of nitrogens with zero attached hydrogens (tertiary/aromatic N) is 3.